The molecule has 94 valence electrons. The molecule has 0 bridgehead atoms. The first-order valence-electron chi connectivity index (χ1n) is 4.93. The van der Waals surface area contributed by atoms with Gasteiger partial charge in [0.2, 0.25) is 5.91 Å². The number of primary amides is 1. The fourth-order valence-electron chi connectivity index (χ4n) is 0.975. The molecule has 5 N–H and O–H groups in total. The lowest BCUT2D eigenvalue weighted by Gasteiger charge is -2.09. The van der Waals surface area contributed by atoms with E-state index in [1.807, 2.05) is 0 Å². The minimum Gasteiger partial charge on any atom is -0.480 e. The van der Waals surface area contributed by atoms with Crippen molar-refractivity contribution in [2.24, 2.45) is 11.5 Å². The van der Waals surface area contributed by atoms with Crippen LogP contribution in [0.3, 0.4) is 0 Å². The average molecular weight is 234 g/mol. The van der Waals surface area contributed by atoms with Crippen molar-refractivity contribution < 1.29 is 24.2 Å². The highest BCUT2D eigenvalue weighted by atomic mass is 16.5. The zero-order valence-electron chi connectivity index (χ0n) is 9.05. The summed E-state index contributed by atoms with van der Waals surface area (Å²) >= 11 is 0. The van der Waals surface area contributed by atoms with Gasteiger partial charge in [-0.15, -0.1) is 0 Å². The lowest BCUT2D eigenvalue weighted by atomic mass is 10.1. The number of hydrogen-bond donors (Lipinski definition) is 3. The first-order chi connectivity index (χ1) is 7.52. The first-order valence-corrected chi connectivity index (χ1v) is 4.93. The predicted octanol–water partition coefficient (Wildman–Crippen LogP) is -1.30. The van der Waals surface area contributed by atoms with E-state index in [0.717, 1.165) is 0 Å². The van der Waals surface area contributed by atoms with Gasteiger partial charge in [-0.1, -0.05) is 0 Å². The average Bonchev–Trinajstić information content (AvgIpc) is 2.14. The van der Waals surface area contributed by atoms with E-state index < -0.39 is 11.9 Å². The van der Waals surface area contributed by atoms with E-state index in [1.165, 1.54) is 0 Å². The van der Waals surface area contributed by atoms with E-state index in [-0.39, 0.29) is 25.7 Å². The summed E-state index contributed by atoms with van der Waals surface area (Å²) in [4.78, 5) is 20.5. The molecule has 7 nitrogen and oxygen atoms in total. The lowest BCUT2D eigenvalue weighted by Crippen LogP contribution is -2.28. The Bertz CT molecular complexity index is 222. The topological polar surface area (TPSA) is 125 Å². The Labute approximate surface area is 93.7 Å². The van der Waals surface area contributed by atoms with Crippen molar-refractivity contribution in [3.63, 3.8) is 0 Å². The van der Waals surface area contributed by atoms with Gasteiger partial charge < -0.3 is 26.0 Å². The molecule has 0 aromatic carbocycles. The van der Waals surface area contributed by atoms with E-state index in [0.29, 0.717) is 19.6 Å². The Kier molecular flexibility index (Phi) is 8.41. The first kappa shape index (κ1) is 14.8. The molecule has 0 radical (unpaired) electrons. The van der Waals surface area contributed by atoms with Crippen molar-refractivity contribution in [1.29, 1.82) is 0 Å². The van der Waals surface area contributed by atoms with Gasteiger partial charge in [0.25, 0.3) is 0 Å². The number of carboxylic acids is 1. The van der Waals surface area contributed by atoms with Gasteiger partial charge in [-0.3, -0.25) is 4.79 Å². The molecule has 0 saturated carbocycles. The highest BCUT2D eigenvalue weighted by Gasteiger charge is 2.05. The van der Waals surface area contributed by atoms with Crippen LogP contribution >= 0.6 is 0 Å². The molecular weight excluding hydrogens is 216 g/mol. The maximum atomic E-state index is 10.5. The minimum absolute atomic E-state index is 0.138. The SMILES string of the molecule is NC(=O)CC(N)CCOCCOCC(=O)O. The van der Waals surface area contributed by atoms with E-state index in [1.54, 1.807) is 0 Å². The summed E-state index contributed by atoms with van der Waals surface area (Å²) in [5.74, 6) is -1.44. The fourth-order valence-corrected chi connectivity index (χ4v) is 0.975. The largest absolute Gasteiger partial charge is 0.480 e. The molecule has 0 aromatic rings. The van der Waals surface area contributed by atoms with Crippen molar-refractivity contribution in [2.45, 2.75) is 18.9 Å². The van der Waals surface area contributed by atoms with Crippen molar-refractivity contribution in [1.82, 2.24) is 0 Å². The van der Waals surface area contributed by atoms with Crippen LogP contribution in [0.5, 0.6) is 0 Å². The highest BCUT2D eigenvalue weighted by Crippen LogP contribution is 1.94. The Hall–Kier alpha value is -1.18. The number of carbonyl (C=O) groups is 2. The number of rotatable bonds is 10. The summed E-state index contributed by atoms with van der Waals surface area (Å²) in [5, 5.41) is 8.25. The summed E-state index contributed by atoms with van der Waals surface area (Å²) in [7, 11) is 0. The Morgan fingerprint density at radius 2 is 1.81 bits per heavy atom. The molecule has 1 amide bonds. The van der Waals surface area contributed by atoms with Crippen molar-refractivity contribution in [3.05, 3.63) is 0 Å². The third-order valence-electron chi connectivity index (χ3n) is 1.69. The molecule has 0 aliphatic carbocycles. The second-order valence-electron chi connectivity index (χ2n) is 3.28. The Morgan fingerprint density at radius 3 is 2.38 bits per heavy atom. The molecule has 7 heteroatoms. The van der Waals surface area contributed by atoms with Gasteiger partial charge in [-0.2, -0.15) is 0 Å². The molecule has 0 aromatic heterocycles. The van der Waals surface area contributed by atoms with Crippen LogP contribution in [0.4, 0.5) is 0 Å². The van der Waals surface area contributed by atoms with Crippen LogP contribution in [-0.2, 0) is 19.1 Å². The van der Waals surface area contributed by atoms with E-state index in [9.17, 15) is 9.59 Å². The Balaban J connectivity index is 3.20. The quantitative estimate of drug-likeness (QED) is 0.403. The summed E-state index contributed by atoms with van der Waals surface area (Å²) in [6.07, 6.45) is 0.667. The number of amides is 1. The van der Waals surface area contributed by atoms with Gasteiger partial charge in [0.05, 0.1) is 13.2 Å². The fraction of sp³-hybridized carbons (Fsp3) is 0.778. The molecule has 1 atom stereocenters. The van der Waals surface area contributed by atoms with Crippen LogP contribution < -0.4 is 11.5 Å². The van der Waals surface area contributed by atoms with Gasteiger partial charge in [0.15, 0.2) is 0 Å². The normalized spacial score (nSPS) is 12.3. The van der Waals surface area contributed by atoms with Gasteiger partial charge in [0, 0.05) is 19.1 Å². The minimum atomic E-state index is -1.01. The Morgan fingerprint density at radius 1 is 1.19 bits per heavy atom. The molecular formula is C9H18N2O5. The van der Waals surface area contributed by atoms with Gasteiger partial charge >= 0.3 is 5.97 Å². The van der Waals surface area contributed by atoms with Crippen molar-refractivity contribution in [2.75, 3.05) is 26.4 Å². The number of nitrogens with two attached hydrogens (primary N) is 2. The molecule has 0 spiro atoms. The van der Waals surface area contributed by atoms with Gasteiger partial charge in [-0.25, -0.2) is 4.79 Å². The molecule has 0 saturated heterocycles. The van der Waals surface area contributed by atoms with Crippen molar-refractivity contribution >= 4 is 11.9 Å². The molecule has 16 heavy (non-hydrogen) atoms. The number of carboxylic acid groups (broad SMARTS) is 1. The summed E-state index contributed by atoms with van der Waals surface area (Å²) in [6.45, 7) is 0.587. The van der Waals surface area contributed by atoms with Crippen LogP contribution in [0.2, 0.25) is 0 Å². The number of carbonyl (C=O) groups excluding carboxylic acids is 1. The monoisotopic (exact) mass is 234 g/mol. The van der Waals surface area contributed by atoms with Crippen LogP contribution in [0.1, 0.15) is 12.8 Å². The zero-order valence-corrected chi connectivity index (χ0v) is 9.05. The summed E-state index contributed by atoms with van der Waals surface area (Å²) in [6, 6.07) is -0.294. The second-order valence-corrected chi connectivity index (χ2v) is 3.28. The summed E-state index contributed by atoms with van der Waals surface area (Å²) in [5.41, 5.74) is 10.5. The predicted molar refractivity (Wildman–Crippen MR) is 55.7 cm³/mol. The lowest BCUT2D eigenvalue weighted by molar-refractivity contribution is -0.142. The van der Waals surface area contributed by atoms with E-state index in [2.05, 4.69) is 0 Å². The standard InChI is InChI=1S/C9H18N2O5/c10-7(5-8(11)12)1-2-15-3-4-16-6-9(13)14/h7H,1-6,10H2,(H2,11,12)(H,13,14). The molecule has 0 rings (SSSR count). The third kappa shape index (κ3) is 10.9. The van der Waals surface area contributed by atoms with Crippen LogP contribution in [-0.4, -0.2) is 49.5 Å². The molecule has 1 unspecified atom stereocenters. The highest BCUT2D eigenvalue weighted by molar-refractivity contribution is 5.74. The smallest absolute Gasteiger partial charge is 0.329 e. The van der Waals surface area contributed by atoms with E-state index >= 15 is 0 Å². The maximum Gasteiger partial charge on any atom is 0.329 e. The van der Waals surface area contributed by atoms with Crippen LogP contribution in [0.15, 0.2) is 0 Å². The maximum absolute atomic E-state index is 10.5. The van der Waals surface area contributed by atoms with Gasteiger partial charge in [0.1, 0.15) is 6.61 Å². The molecule has 0 fully saturated rings. The number of ether oxygens (including phenoxy) is 2. The molecule has 0 heterocycles. The molecule has 0 aliphatic heterocycles. The van der Waals surface area contributed by atoms with Crippen LogP contribution in [0, 0.1) is 0 Å². The summed E-state index contributed by atoms with van der Waals surface area (Å²) < 4.78 is 9.85. The molecule has 0 aliphatic rings. The number of hydrogen-bond acceptors (Lipinski definition) is 5. The number of aliphatic carboxylic acids is 1. The second kappa shape index (κ2) is 9.08. The third-order valence-corrected chi connectivity index (χ3v) is 1.69. The van der Waals surface area contributed by atoms with Gasteiger partial charge in [-0.05, 0) is 6.42 Å². The van der Waals surface area contributed by atoms with Crippen molar-refractivity contribution in [3.8, 4) is 0 Å². The van der Waals surface area contributed by atoms with Crippen LogP contribution in [0.25, 0.3) is 0 Å². The zero-order chi connectivity index (χ0) is 12.4. The van der Waals surface area contributed by atoms with E-state index in [4.69, 9.17) is 26.0 Å².